The van der Waals surface area contributed by atoms with E-state index in [1.807, 2.05) is 6.92 Å². The van der Waals surface area contributed by atoms with Gasteiger partial charge in [-0.15, -0.1) is 0 Å². The lowest BCUT2D eigenvalue weighted by Crippen LogP contribution is -2.29. The predicted molar refractivity (Wildman–Crippen MR) is 146 cm³/mol. The average molecular weight is 551 g/mol. The number of carbonyl (C=O) groups is 2. The van der Waals surface area contributed by atoms with E-state index in [1.54, 1.807) is 48.5 Å². The van der Waals surface area contributed by atoms with Crippen LogP contribution in [0.5, 0.6) is 17.2 Å². The van der Waals surface area contributed by atoms with Crippen LogP contribution in [0.1, 0.15) is 30.5 Å². The van der Waals surface area contributed by atoms with Gasteiger partial charge in [-0.05, 0) is 66.6 Å². The number of hydrogen-bond acceptors (Lipinski definition) is 8. The van der Waals surface area contributed by atoms with Crippen molar-refractivity contribution in [2.45, 2.75) is 19.4 Å². The number of aromatic nitrogens is 1. The zero-order valence-electron chi connectivity index (χ0n) is 20.5. The summed E-state index contributed by atoms with van der Waals surface area (Å²) in [5, 5.41) is 22.3. The van der Waals surface area contributed by atoms with Gasteiger partial charge in [-0.2, -0.15) is 0 Å². The molecule has 1 amide bonds. The number of aliphatic hydroxyl groups is 1. The zero-order chi connectivity index (χ0) is 27.0. The van der Waals surface area contributed by atoms with Crippen molar-refractivity contribution in [3.63, 3.8) is 0 Å². The maximum atomic E-state index is 13.4. The van der Waals surface area contributed by atoms with E-state index >= 15 is 0 Å². The highest BCUT2D eigenvalue weighted by atomic mass is 35.5. The molecule has 2 heterocycles. The molecule has 4 aromatic rings. The zero-order valence-corrected chi connectivity index (χ0v) is 22.0. The smallest absolute Gasteiger partial charge is 0.301 e. The lowest BCUT2D eigenvalue weighted by molar-refractivity contribution is -0.132. The van der Waals surface area contributed by atoms with Gasteiger partial charge >= 0.3 is 5.91 Å². The fourth-order valence-electron chi connectivity index (χ4n) is 4.28. The largest absolute Gasteiger partial charge is 0.507 e. The number of aliphatic hydroxyl groups excluding tert-OH is 1. The molecule has 3 aromatic carbocycles. The minimum atomic E-state index is -1.03. The van der Waals surface area contributed by atoms with Crippen molar-refractivity contribution in [3.05, 3.63) is 82.4 Å². The van der Waals surface area contributed by atoms with E-state index in [4.69, 9.17) is 21.1 Å². The molecule has 10 heteroatoms. The average Bonchev–Trinajstić information content (AvgIpc) is 3.45. The lowest BCUT2D eigenvalue weighted by atomic mass is 9.95. The van der Waals surface area contributed by atoms with Gasteiger partial charge in [-0.1, -0.05) is 35.9 Å². The number of ketones is 1. The topological polar surface area (TPSA) is 109 Å². The Hall–Kier alpha value is -4.08. The number of halogens is 1. The van der Waals surface area contributed by atoms with E-state index < -0.39 is 17.7 Å². The molecule has 194 valence electrons. The summed E-state index contributed by atoms with van der Waals surface area (Å²) < 4.78 is 11.6. The quantitative estimate of drug-likeness (QED) is 0.163. The molecule has 1 aromatic heterocycles. The maximum Gasteiger partial charge on any atom is 0.301 e. The van der Waals surface area contributed by atoms with Crippen LogP contribution in [0.4, 0.5) is 5.13 Å². The fraction of sp³-hybridized carbons (Fsp3) is 0.179. The molecule has 5 rings (SSSR count). The number of amides is 1. The fourth-order valence-corrected chi connectivity index (χ4v) is 5.55. The molecular formula is C28H23ClN2O6S. The van der Waals surface area contributed by atoms with E-state index in [0.717, 1.165) is 11.1 Å². The standard InChI is InChI=1S/C28H23ClN2O6S/c1-3-12-37-18-8-4-15(5-9-18)25(33)23-24(16-6-11-20(32)21(13-16)36-2)31(27(35)26(23)34)28-30-19-10-7-17(29)14-22(19)38-28/h4-11,13-14,24,32-33H,3,12H2,1-2H3. The number of phenols is 1. The summed E-state index contributed by atoms with van der Waals surface area (Å²) in [5.41, 5.74) is 1.29. The molecule has 0 saturated carbocycles. The number of benzene rings is 3. The molecule has 1 fully saturated rings. The van der Waals surface area contributed by atoms with E-state index in [2.05, 4.69) is 4.98 Å². The first-order valence-corrected chi connectivity index (χ1v) is 13.0. The molecule has 0 spiro atoms. The summed E-state index contributed by atoms with van der Waals surface area (Å²) in [6, 6.07) is 15.3. The molecule has 1 saturated heterocycles. The Labute approximate surface area is 227 Å². The molecule has 8 nitrogen and oxygen atoms in total. The van der Waals surface area contributed by atoms with Crippen LogP contribution in [0.2, 0.25) is 5.02 Å². The number of ether oxygens (including phenoxy) is 2. The van der Waals surface area contributed by atoms with Crippen molar-refractivity contribution in [1.82, 2.24) is 4.98 Å². The van der Waals surface area contributed by atoms with Gasteiger partial charge in [0.05, 0.1) is 35.5 Å². The van der Waals surface area contributed by atoms with Crippen molar-refractivity contribution >= 4 is 55.7 Å². The summed E-state index contributed by atoms with van der Waals surface area (Å²) >= 11 is 7.34. The van der Waals surface area contributed by atoms with Gasteiger partial charge in [-0.3, -0.25) is 14.5 Å². The highest BCUT2D eigenvalue weighted by Crippen LogP contribution is 2.46. The summed E-state index contributed by atoms with van der Waals surface area (Å²) in [6.45, 7) is 2.55. The number of Topliss-reactive ketones (excluding diaryl/α,β-unsaturated/α-hetero) is 1. The predicted octanol–water partition coefficient (Wildman–Crippen LogP) is 6.08. The molecule has 1 atom stereocenters. The number of phenolic OH excluding ortho intramolecular Hbond substituents is 1. The third-order valence-corrected chi connectivity index (χ3v) is 7.36. The third-order valence-electron chi connectivity index (χ3n) is 6.11. The van der Waals surface area contributed by atoms with Crippen LogP contribution in [0.3, 0.4) is 0 Å². The number of rotatable bonds is 7. The molecular weight excluding hydrogens is 528 g/mol. The van der Waals surface area contributed by atoms with Crippen LogP contribution < -0.4 is 14.4 Å². The van der Waals surface area contributed by atoms with Crippen molar-refractivity contribution in [2.24, 2.45) is 0 Å². The number of methoxy groups -OCH3 is 1. The first-order valence-electron chi connectivity index (χ1n) is 11.8. The molecule has 0 aliphatic carbocycles. The summed E-state index contributed by atoms with van der Waals surface area (Å²) in [7, 11) is 1.40. The molecule has 1 aliphatic heterocycles. The number of aromatic hydroxyl groups is 1. The minimum absolute atomic E-state index is 0.106. The van der Waals surface area contributed by atoms with Crippen LogP contribution in [0.15, 0.2) is 66.2 Å². The molecule has 1 unspecified atom stereocenters. The van der Waals surface area contributed by atoms with Crippen LogP contribution >= 0.6 is 22.9 Å². The summed E-state index contributed by atoms with van der Waals surface area (Å²) in [6.07, 6.45) is 0.846. The van der Waals surface area contributed by atoms with Gasteiger partial charge in [0, 0.05) is 10.6 Å². The van der Waals surface area contributed by atoms with E-state index in [0.29, 0.717) is 34.0 Å². The van der Waals surface area contributed by atoms with Gasteiger partial charge < -0.3 is 19.7 Å². The van der Waals surface area contributed by atoms with Gasteiger partial charge in [0.15, 0.2) is 16.6 Å². The Balaban J connectivity index is 1.68. The minimum Gasteiger partial charge on any atom is -0.507 e. The summed E-state index contributed by atoms with van der Waals surface area (Å²) in [4.78, 5) is 32.7. The SMILES string of the molecule is CCCOc1ccc(C(O)=C2C(=O)C(=O)N(c3nc4ccc(Cl)cc4s3)C2c2ccc(O)c(OC)c2)cc1. The second-order valence-electron chi connectivity index (χ2n) is 8.58. The molecule has 2 N–H and O–H groups in total. The van der Waals surface area contributed by atoms with E-state index in [1.165, 1.54) is 35.5 Å². The number of carbonyl (C=O) groups excluding carboxylic acids is 2. The van der Waals surface area contributed by atoms with Gasteiger partial charge in [-0.25, -0.2) is 4.98 Å². The number of nitrogens with zero attached hydrogens (tertiary/aromatic N) is 2. The van der Waals surface area contributed by atoms with E-state index in [9.17, 15) is 19.8 Å². The van der Waals surface area contributed by atoms with Gasteiger partial charge in [0.2, 0.25) is 0 Å². The highest BCUT2D eigenvalue weighted by Gasteiger charge is 2.48. The maximum absolute atomic E-state index is 13.4. The Morgan fingerprint density at radius 2 is 1.87 bits per heavy atom. The van der Waals surface area contributed by atoms with Crippen molar-refractivity contribution < 1.29 is 29.3 Å². The van der Waals surface area contributed by atoms with Crippen molar-refractivity contribution in [2.75, 3.05) is 18.6 Å². The Kier molecular flexibility index (Phi) is 6.96. The van der Waals surface area contributed by atoms with Crippen LogP contribution in [-0.4, -0.2) is 40.6 Å². The summed E-state index contributed by atoms with van der Waals surface area (Å²) in [5.74, 6) is -1.36. The first kappa shape index (κ1) is 25.6. The number of thiazole rings is 1. The number of hydrogen-bond donors (Lipinski definition) is 2. The molecule has 0 radical (unpaired) electrons. The van der Waals surface area contributed by atoms with Crippen molar-refractivity contribution in [1.29, 1.82) is 0 Å². The van der Waals surface area contributed by atoms with Gasteiger partial charge in [0.1, 0.15) is 11.5 Å². The van der Waals surface area contributed by atoms with Crippen LogP contribution in [0, 0.1) is 0 Å². The highest BCUT2D eigenvalue weighted by molar-refractivity contribution is 7.22. The van der Waals surface area contributed by atoms with Crippen LogP contribution in [0.25, 0.3) is 16.0 Å². The Morgan fingerprint density at radius 3 is 2.58 bits per heavy atom. The Bertz CT molecular complexity index is 1580. The number of fused-ring (bicyclic) bond motifs is 1. The Morgan fingerprint density at radius 1 is 1.11 bits per heavy atom. The van der Waals surface area contributed by atoms with Crippen LogP contribution in [-0.2, 0) is 9.59 Å². The lowest BCUT2D eigenvalue weighted by Gasteiger charge is -2.23. The second-order valence-corrected chi connectivity index (χ2v) is 10.0. The van der Waals surface area contributed by atoms with E-state index in [-0.39, 0.29) is 28.0 Å². The molecule has 0 bridgehead atoms. The first-order chi connectivity index (χ1) is 18.3. The second kappa shape index (κ2) is 10.4. The monoisotopic (exact) mass is 550 g/mol. The molecule has 1 aliphatic rings. The normalized spacial score (nSPS) is 16.8. The molecule has 38 heavy (non-hydrogen) atoms. The number of anilines is 1. The third kappa shape index (κ3) is 4.55. The van der Waals surface area contributed by atoms with Gasteiger partial charge in [0.25, 0.3) is 5.78 Å². The van der Waals surface area contributed by atoms with Crippen molar-refractivity contribution in [3.8, 4) is 17.2 Å².